The smallest absolute Gasteiger partial charge is 0.405 e. The molecule has 0 saturated carbocycles. The van der Waals surface area contributed by atoms with Crippen LogP contribution in [0.3, 0.4) is 0 Å². The number of halogens is 6. The van der Waals surface area contributed by atoms with Crippen molar-refractivity contribution in [1.82, 2.24) is 15.2 Å². The molecule has 1 N–H and O–H groups in total. The number of aromatic nitrogens is 1. The summed E-state index contributed by atoms with van der Waals surface area (Å²) in [5, 5.41) is 2.55. The third-order valence-electron chi connectivity index (χ3n) is 4.59. The number of benzene rings is 1. The van der Waals surface area contributed by atoms with Crippen LogP contribution in [0.4, 0.5) is 37.0 Å². The highest BCUT2D eigenvalue weighted by Gasteiger charge is 2.32. The van der Waals surface area contributed by atoms with E-state index in [1.807, 2.05) is 0 Å². The van der Waals surface area contributed by atoms with E-state index in [0.29, 0.717) is 18.9 Å². The first kappa shape index (κ1) is 22.5. The normalized spacial score (nSPS) is 15.0. The average Bonchev–Trinajstić information content (AvgIpc) is 2.71. The fourth-order valence-corrected chi connectivity index (χ4v) is 3.04. The number of piperazine rings is 1. The van der Waals surface area contributed by atoms with Crippen molar-refractivity contribution in [1.29, 1.82) is 0 Å². The highest BCUT2D eigenvalue weighted by molar-refractivity contribution is 5.74. The number of nitrogens with zero attached hydrogens (tertiary/aromatic N) is 3. The van der Waals surface area contributed by atoms with Crippen LogP contribution in [-0.2, 0) is 12.7 Å². The largest absolute Gasteiger partial charge is 0.573 e. The van der Waals surface area contributed by atoms with E-state index in [9.17, 15) is 31.1 Å². The minimum Gasteiger partial charge on any atom is -0.405 e. The molecule has 1 aromatic carbocycles. The maximum Gasteiger partial charge on any atom is 0.573 e. The van der Waals surface area contributed by atoms with Gasteiger partial charge >= 0.3 is 18.6 Å². The monoisotopic (exact) mass is 448 g/mol. The van der Waals surface area contributed by atoms with Gasteiger partial charge in [-0.3, -0.25) is 0 Å². The van der Waals surface area contributed by atoms with Crippen LogP contribution in [0, 0.1) is 0 Å². The van der Waals surface area contributed by atoms with Crippen molar-refractivity contribution >= 4 is 11.8 Å². The molecule has 0 radical (unpaired) electrons. The predicted octanol–water partition coefficient (Wildman–Crippen LogP) is 4.03. The molecule has 0 unspecified atom stereocenters. The van der Waals surface area contributed by atoms with Crippen LogP contribution in [0.2, 0.25) is 0 Å². The summed E-state index contributed by atoms with van der Waals surface area (Å²) < 4.78 is 79.3. The third kappa shape index (κ3) is 6.15. The quantitative estimate of drug-likeness (QED) is 0.718. The van der Waals surface area contributed by atoms with Crippen molar-refractivity contribution in [3.8, 4) is 5.75 Å². The first-order valence-electron chi connectivity index (χ1n) is 9.17. The molecule has 12 heteroatoms. The topological polar surface area (TPSA) is 57.7 Å². The number of para-hydroxylation sites is 1. The van der Waals surface area contributed by atoms with Crippen molar-refractivity contribution in [2.75, 3.05) is 31.1 Å². The van der Waals surface area contributed by atoms with Crippen molar-refractivity contribution in [2.45, 2.75) is 19.1 Å². The number of pyridine rings is 1. The number of carbonyl (C=O) groups is 1. The second kappa shape index (κ2) is 8.90. The number of urea groups is 1. The lowest BCUT2D eigenvalue weighted by atomic mass is 10.2. The van der Waals surface area contributed by atoms with Gasteiger partial charge in [0.25, 0.3) is 0 Å². The van der Waals surface area contributed by atoms with E-state index in [1.165, 1.54) is 29.2 Å². The van der Waals surface area contributed by atoms with Gasteiger partial charge in [0.15, 0.2) is 0 Å². The van der Waals surface area contributed by atoms with E-state index in [0.717, 1.165) is 18.3 Å². The summed E-state index contributed by atoms with van der Waals surface area (Å²) in [6.07, 6.45) is -8.55. The molecular weight excluding hydrogens is 430 g/mol. The van der Waals surface area contributed by atoms with Gasteiger partial charge in [0.1, 0.15) is 11.6 Å². The number of amides is 2. The molecule has 1 fully saturated rings. The summed E-state index contributed by atoms with van der Waals surface area (Å²) in [7, 11) is 0. The van der Waals surface area contributed by atoms with Crippen molar-refractivity contribution in [2.24, 2.45) is 0 Å². The lowest BCUT2D eigenvalue weighted by molar-refractivity contribution is -0.274. The summed E-state index contributed by atoms with van der Waals surface area (Å²) in [6.45, 7) is 1.08. The molecule has 0 spiro atoms. The molecule has 1 saturated heterocycles. The second-order valence-corrected chi connectivity index (χ2v) is 6.69. The molecule has 0 atom stereocenters. The zero-order valence-corrected chi connectivity index (χ0v) is 16.0. The van der Waals surface area contributed by atoms with Crippen molar-refractivity contribution < 1.29 is 35.9 Å². The number of hydrogen-bond donors (Lipinski definition) is 1. The first-order chi connectivity index (χ1) is 14.5. The van der Waals surface area contributed by atoms with E-state index in [1.54, 1.807) is 4.90 Å². The minimum absolute atomic E-state index is 0.161. The fraction of sp³-hybridized carbons (Fsp3) is 0.368. The van der Waals surface area contributed by atoms with E-state index < -0.39 is 29.9 Å². The average molecular weight is 448 g/mol. The van der Waals surface area contributed by atoms with Gasteiger partial charge in [0, 0.05) is 44.5 Å². The van der Waals surface area contributed by atoms with Gasteiger partial charge < -0.3 is 19.9 Å². The van der Waals surface area contributed by atoms with Gasteiger partial charge in [-0.2, -0.15) is 13.2 Å². The van der Waals surface area contributed by atoms with Gasteiger partial charge in [-0.1, -0.05) is 18.2 Å². The molecule has 2 heterocycles. The van der Waals surface area contributed by atoms with E-state index >= 15 is 0 Å². The summed E-state index contributed by atoms with van der Waals surface area (Å²) in [6, 6.07) is 7.24. The second-order valence-electron chi connectivity index (χ2n) is 6.69. The molecule has 0 bridgehead atoms. The van der Waals surface area contributed by atoms with Crippen LogP contribution in [0.15, 0.2) is 42.6 Å². The summed E-state index contributed by atoms with van der Waals surface area (Å²) >= 11 is 0. The van der Waals surface area contributed by atoms with E-state index in [-0.39, 0.29) is 25.2 Å². The molecule has 3 rings (SSSR count). The van der Waals surface area contributed by atoms with Crippen molar-refractivity contribution in [3.05, 3.63) is 53.7 Å². The Labute approximate surface area is 173 Å². The predicted molar refractivity (Wildman–Crippen MR) is 98.4 cm³/mol. The SMILES string of the molecule is O=C(NCc1ccccc1OC(F)(F)F)N1CCN(c2ccc(C(F)(F)F)cn2)CC1. The molecule has 1 aliphatic heterocycles. The lowest BCUT2D eigenvalue weighted by Crippen LogP contribution is -2.51. The Hall–Kier alpha value is -3.18. The molecule has 0 aliphatic carbocycles. The zero-order valence-electron chi connectivity index (χ0n) is 16.0. The Morgan fingerprint density at radius 1 is 1.00 bits per heavy atom. The molecule has 2 amide bonds. The number of alkyl halides is 6. The van der Waals surface area contributed by atoms with Gasteiger partial charge in [0.05, 0.1) is 5.56 Å². The Balaban J connectivity index is 1.52. The minimum atomic E-state index is -4.84. The Kier molecular flexibility index (Phi) is 6.46. The van der Waals surface area contributed by atoms with Gasteiger partial charge in [-0.15, -0.1) is 13.2 Å². The number of anilines is 1. The Morgan fingerprint density at radius 3 is 2.26 bits per heavy atom. The van der Waals surface area contributed by atoms with E-state index in [4.69, 9.17) is 0 Å². The van der Waals surface area contributed by atoms with Crippen LogP contribution >= 0.6 is 0 Å². The first-order valence-corrected chi connectivity index (χ1v) is 9.17. The third-order valence-corrected chi connectivity index (χ3v) is 4.59. The van der Waals surface area contributed by atoms with Crippen LogP contribution in [0.5, 0.6) is 5.75 Å². The molecule has 1 aliphatic rings. The van der Waals surface area contributed by atoms with Crippen LogP contribution in [0.25, 0.3) is 0 Å². The fourth-order valence-electron chi connectivity index (χ4n) is 3.04. The Morgan fingerprint density at radius 2 is 1.68 bits per heavy atom. The molecule has 31 heavy (non-hydrogen) atoms. The molecule has 168 valence electrons. The van der Waals surface area contributed by atoms with Crippen LogP contribution in [0.1, 0.15) is 11.1 Å². The summed E-state index contributed by atoms with van der Waals surface area (Å²) in [5.41, 5.74) is -0.676. The van der Waals surface area contributed by atoms with Crippen molar-refractivity contribution in [3.63, 3.8) is 0 Å². The molecular formula is C19H18F6N4O2. The highest BCUT2D eigenvalue weighted by Crippen LogP contribution is 2.29. The van der Waals surface area contributed by atoms with Crippen LogP contribution < -0.4 is 15.0 Å². The lowest BCUT2D eigenvalue weighted by Gasteiger charge is -2.35. The standard InChI is InChI=1S/C19H18F6N4O2/c20-18(21,22)14-5-6-16(26-12-14)28-7-9-29(10-8-28)17(30)27-11-13-3-1-2-4-15(13)31-19(23,24)25/h1-6,12H,7-11H2,(H,27,30). The maximum atomic E-state index is 12.6. The van der Waals surface area contributed by atoms with Gasteiger partial charge in [-0.05, 0) is 18.2 Å². The number of hydrogen-bond acceptors (Lipinski definition) is 4. The highest BCUT2D eigenvalue weighted by atomic mass is 19.4. The van der Waals surface area contributed by atoms with E-state index in [2.05, 4.69) is 15.0 Å². The molecule has 2 aromatic rings. The number of nitrogens with one attached hydrogen (secondary N) is 1. The maximum absolute atomic E-state index is 12.6. The molecule has 1 aromatic heterocycles. The Bertz CT molecular complexity index is 894. The summed E-state index contributed by atoms with van der Waals surface area (Å²) in [5.74, 6) is -0.0280. The zero-order chi connectivity index (χ0) is 22.6. The molecule has 6 nitrogen and oxygen atoms in total. The number of ether oxygens (including phenoxy) is 1. The number of rotatable bonds is 4. The van der Waals surface area contributed by atoms with Gasteiger partial charge in [0.2, 0.25) is 0 Å². The van der Waals surface area contributed by atoms with Crippen LogP contribution in [-0.4, -0.2) is 48.5 Å². The number of carbonyl (C=O) groups excluding carboxylic acids is 1. The summed E-state index contributed by atoms with van der Waals surface area (Å²) in [4.78, 5) is 19.4. The van der Waals surface area contributed by atoms with Gasteiger partial charge in [-0.25, -0.2) is 9.78 Å².